The minimum atomic E-state index is -0.959. The lowest BCUT2D eigenvalue weighted by molar-refractivity contribution is 0.0696. The minimum absolute atomic E-state index is 0.219. The van der Waals surface area contributed by atoms with Gasteiger partial charge in [-0.05, 0) is 30.7 Å². The van der Waals surface area contributed by atoms with E-state index in [2.05, 4.69) is 5.10 Å². The van der Waals surface area contributed by atoms with Gasteiger partial charge in [0.1, 0.15) is 12.4 Å². The second-order valence-electron chi connectivity index (χ2n) is 4.23. The number of nitrogens with zero attached hydrogens (tertiary/aromatic N) is 2. The van der Waals surface area contributed by atoms with Crippen molar-refractivity contribution in [3.8, 4) is 5.75 Å². The maximum atomic E-state index is 10.9. The number of aromatic carboxylic acids is 1. The number of aryl methyl sites for hydroxylation is 2. The molecule has 0 aliphatic rings. The van der Waals surface area contributed by atoms with Gasteiger partial charge in [0, 0.05) is 7.05 Å². The van der Waals surface area contributed by atoms with Gasteiger partial charge in [-0.1, -0.05) is 13.0 Å². The molecule has 5 heteroatoms. The molecule has 0 fully saturated rings. The average molecular weight is 260 g/mol. The summed E-state index contributed by atoms with van der Waals surface area (Å²) in [7, 11) is 1.87. The van der Waals surface area contributed by atoms with Crippen molar-refractivity contribution < 1.29 is 14.6 Å². The summed E-state index contributed by atoms with van der Waals surface area (Å²) in [6, 6.07) is 8.44. The summed E-state index contributed by atoms with van der Waals surface area (Å²) in [6.07, 6.45) is 0.877. The largest absolute Gasteiger partial charge is 0.487 e. The van der Waals surface area contributed by atoms with Crippen LogP contribution >= 0.6 is 0 Å². The summed E-state index contributed by atoms with van der Waals surface area (Å²) in [5, 5.41) is 13.2. The molecule has 19 heavy (non-hydrogen) atoms. The van der Waals surface area contributed by atoms with Crippen molar-refractivity contribution in [2.24, 2.45) is 7.05 Å². The number of ether oxygens (including phenoxy) is 1. The van der Waals surface area contributed by atoms with Gasteiger partial charge >= 0.3 is 5.97 Å². The van der Waals surface area contributed by atoms with E-state index in [4.69, 9.17) is 9.84 Å². The smallest absolute Gasteiger partial charge is 0.335 e. The Morgan fingerprint density at radius 3 is 2.84 bits per heavy atom. The van der Waals surface area contributed by atoms with Crippen molar-refractivity contribution in [2.45, 2.75) is 20.0 Å². The highest BCUT2D eigenvalue weighted by Gasteiger charge is 2.06. The molecule has 0 spiro atoms. The van der Waals surface area contributed by atoms with Crippen molar-refractivity contribution in [3.05, 3.63) is 47.3 Å². The van der Waals surface area contributed by atoms with Crippen molar-refractivity contribution in [3.63, 3.8) is 0 Å². The van der Waals surface area contributed by atoms with Gasteiger partial charge in [-0.3, -0.25) is 4.68 Å². The number of hydrogen-bond donors (Lipinski definition) is 1. The highest BCUT2D eigenvalue weighted by molar-refractivity contribution is 5.87. The van der Waals surface area contributed by atoms with E-state index in [9.17, 15) is 4.79 Å². The standard InChI is InChI=1S/C14H16N2O3/c1-3-11-8-12(16(2)15-11)9-19-13-6-4-5-10(7-13)14(17)18/h4-8H,3,9H2,1-2H3,(H,17,18). The molecule has 0 radical (unpaired) electrons. The molecule has 2 aromatic rings. The number of carboxylic acid groups (broad SMARTS) is 1. The Kier molecular flexibility index (Phi) is 3.85. The predicted octanol–water partition coefficient (Wildman–Crippen LogP) is 2.26. The molecule has 0 aliphatic heterocycles. The van der Waals surface area contributed by atoms with Crippen molar-refractivity contribution in [1.82, 2.24) is 9.78 Å². The third kappa shape index (κ3) is 3.13. The van der Waals surface area contributed by atoms with Crippen LogP contribution in [0.25, 0.3) is 0 Å². The number of hydrogen-bond acceptors (Lipinski definition) is 3. The van der Waals surface area contributed by atoms with E-state index in [0.29, 0.717) is 12.4 Å². The Morgan fingerprint density at radius 2 is 2.21 bits per heavy atom. The van der Waals surface area contributed by atoms with E-state index in [1.807, 2.05) is 20.0 Å². The maximum absolute atomic E-state index is 10.9. The van der Waals surface area contributed by atoms with Crippen LogP contribution in [-0.2, 0) is 20.1 Å². The molecule has 0 unspecified atom stereocenters. The topological polar surface area (TPSA) is 64.3 Å². The monoisotopic (exact) mass is 260 g/mol. The molecule has 1 aromatic carbocycles. The molecule has 0 bridgehead atoms. The molecule has 0 atom stereocenters. The highest BCUT2D eigenvalue weighted by Crippen LogP contribution is 2.15. The zero-order chi connectivity index (χ0) is 13.8. The van der Waals surface area contributed by atoms with Gasteiger partial charge < -0.3 is 9.84 Å². The fourth-order valence-corrected chi connectivity index (χ4v) is 1.76. The molecular weight excluding hydrogens is 244 g/mol. The van der Waals surface area contributed by atoms with E-state index >= 15 is 0 Å². The molecule has 5 nitrogen and oxygen atoms in total. The fraction of sp³-hybridized carbons (Fsp3) is 0.286. The summed E-state index contributed by atoms with van der Waals surface area (Å²) in [5.41, 5.74) is 2.19. The van der Waals surface area contributed by atoms with Crippen LogP contribution in [0.2, 0.25) is 0 Å². The first kappa shape index (κ1) is 13.1. The molecule has 0 saturated carbocycles. The zero-order valence-corrected chi connectivity index (χ0v) is 11.0. The average Bonchev–Trinajstić information content (AvgIpc) is 2.77. The Labute approximate surface area is 111 Å². The Hall–Kier alpha value is -2.30. The third-order valence-electron chi connectivity index (χ3n) is 2.86. The number of benzene rings is 1. The lowest BCUT2D eigenvalue weighted by Gasteiger charge is -2.06. The van der Waals surface area contributed by atoms with Crippen LogP contribution in [-0.4, -0.2) is 20.9 Å². The van der Waals surface area contributed by atoms with Crippen LogP contribution in [0.5, 0.6) is 5.75 Å². The van der Waals surface area contributed by atoms with Gasteiger partial charge in [0.2, 0.25) is 0 Å². The van der Waals surface area contributed by atoms with Crippen LogP contribution < -0.4 is 4.74 Å². The molecule has 0 aliphatic carbocycles. The molecule has 1 aromatic heterocycles. The van der Waals surface area contributed by atoms with Crippen molar-refractivity contribution >= 4 is 5.97 Å². The summed E-state index contributed by atoms with van der Waals surface area (Å²) in [4.78, 5) is 10.9. The number of aromatic nitrogens is 2. The van der Waals surface area contributed by atoms with Crippen LogP contribution in [0.4, 0.5) is 0 Å². The van der Waals surface area contributed by atoms with Gasteiger partial charge in [0.25, 0.3) is 0 Å². The van der Waals surface area contributed by atoms with E-state index in [1.165, 1.54) is 12.1 Å². The van der Waals surface area contributed by atoms with Crippen molar-refractivity contribution in [2.75, 3.05) is 0 Å². The number of rotatable bonds is 5. The van der Waals surface area contributed by atoms with Crippen LogP contribution in [0, 0.1) is 0 Å². The minimum Gasteiger partial charge on any atom is -0.487 e. The first-order chi connectivity index (χ1) is 9.10. The molecule has 2 rings (SSSR count). The highest BCUT2D eigenvalue weighted by atomic mass is 16.5. The summed E-state index contributed by atoms with van der Waals surface area (Å²) in [5.74, 6) is -0.418. The lowest BCUT2D eigenvalue weighted by Crippen LogP contribution is -2.03. The van der Waals surface area contributed by atoms with E-state index in [1.54, 1.807) is 16.8 Å². The fourth-order valence-electron chi connectivity index (χ4n) is 1.76. The normalized spacial score (nSPS) is 10.4. The zero-order valence-electron chi connectivity index (χ0n) is 11.0. The second-order valence-corrected chi connectivity index (χ2v) is 4.23. The predicted molar refractivity (Wildman–Crippen MR) is 70.3 cm³/mol. The van der Waals surface area contributed by atoms with Gasteiger partial charge in [-0.25, -0.2) is 4.79 Å². The molecule has 100 valence electrons. The number of carboxylic acids is 1. The van der Waals surface area contributed by atoms with E-state index in [0.717, 1.165) is 17.8 Å². The quantitative estimate of drug-likeness (QED) is 0.895. The SMILES string of the molecule is CCc1cc(COc2cccc(C(=O)O)c2)n(C)n1. The number of carbonyl (C=O) groups is 1. The van der Waals surface area contributed by atoms with Gasteiger partial charge in [0.15, 0.2) is 0 Å². The van der Waals surface area contributed by atoms with Gasteiger partial charge in [-0.15, -0.1) is 0 Å². The molecule has 0 amide bonds. The lowest BCUT2D eigenvalue weighted by atomic mass is 10.2. The van der Waals surface area contributed by atoms with Gasteiger partial charge in [-0.2, -0.15) is 5.10 Å². The van der Waals surface area contributed by atoms with Gasteiger partial charge in [0.05, 0.1) is 17.0 Å². The third-order valence-corrected chi connectivity index (χ3v) is 2.86. The van der Waals surface area contributed by atoms with Crippen molar-refractivity contribution in [1.29, 1.82) is 0 Å². The van der Waals surface area contributed by atoms with Crippen LogP contribution in [0.1, 0.15) is 28.7 Å². The first-order valence-corrected chi connectivity index (χ1v) is 6.08. The van der Waals surface area contributed by atoms with Crippen LogP contribution in [0.3, 0.4) is 0 Å². The molecule has 1 heterocycles. The molecular formula is C14H16N2O3. The van der Waals surface area contributed by atoms with E-state index < -0.39 is 5.97 Å². The first-order valence-electron chi connectivity index (χ1n) is 6.08. The summed E-state index contributed by atoms with van der Waals surface area (Å²) >= 11 is 0. The van der Waals surface area contributed by atoms with Crippen LogP contribution in [0.15, 0.2) is 30.3 Å². The van der Waals surface area contributed by atoms with E-state index in [-0.39, 0.29) is 5.56 Å². The summed E-state index contributed by atoms with van der Waals surface area (Å²) < 4.78 is 7.38. The maximum Gasteiger partial charge on any atom is 0.335 e. The summed E-state index contributed by atoms with van der Waals surface area (Å²) in [6.45, 7) is 2.41. The Balaban J connectivity index is 2.07. The Bertz CT molecular complexity index is 590. The second kappa shape index (κ2) is 5.56. The molecule has 1 N–H and O–H groups in total. The Morgan fingerprint density at radius 1 is 1.42 bits per heavy atom. The molecule has 0 saturated heterocycles.